The van der Waals surface area contributed by atoms with Gasteiger partial charge in [0.2, 0.25) is 5.78 Å². The molecule has 0 spiro atoms. The molecule has 10 heteroatoms. The molecule has 2 bridgehead atoms. The molecular formula is C29H40N2O8. The summed E-state index contributed by atoms with van der Waals surface area (Å²) in [5.41, 5.74) is 6.59. The van der Waals surface area contributed by atoms with E-state index in [0.29, 0.717) is 24.0 Å². The Kier molecular flexibility index (Phi) is 12.0. The van der Waals surface area contributed by atoms with Crippen LogP contribution < -0.4 is 11.1 Å². The number of primary amides is 1. The number of Topliss-reactive ketones (excluding diaryl/α,β-unsaturated/α-hetero) is 1. The van der Waals surface area contributed by atoms with Crippen molar-refractivity contribution in [1.82, 2.24) is 5.32 Å². The summed E-state index contributed by atoms with van der Waals surface area (Å²) < 4.78 is 22.6. The van der Waals surface area contributed by atoms with E-state index in [2.05, 4.69) is 5.32 Å². The Morgan fingerprint density at radius 2 is 1.72 bits per heavy atom. The van der Waals surface area contributed by atoms with E-state index in [1.54, 1.807) is 40.2 Å². The number of hydrogen-bond acceptors (Lipinski definition) is 8. The Bertz CT molecular complexity index is 1100. The van der Waals surface area contributed by atoms with Gasteiger partial charge in [0.1, 0.15) is 6.10 Å². The van der Waals surface area contributed by atoms with Crippen LogP contribution in [-0.2, 0) is 33.3 Å². The fourth-order valence-electron chi connectivity index (χ4n) is 4.89. The summed E-state index contributed by atoms with van der Waals surface area (Å²) >= 11 is 0. The second kappa shape index (κ2) is 14.7. The first-order valence-electron chi connectivity index (χ1n) is 12.8. The molecule has 1 aliphatic carbocycles. The van der Waals surface area contributed by atoms with E-state index >= 15 is 0 Å². The maximum Gasteiger partial charge on any atom is 0.405 e. The van der Waals surface area contributed by atoms with Gasteiger partial charge in [-0.15, -0.1) is 0 Å². The lowest BCUT2D eigenvalue weighted by Crippen LogP contribution is -2.38. The average molecular weight is 545 g/mol. The molecule has 0 aromatic heterocycles. The lowest BCUT2D eigenvalue weighted by molar-refractivity contribution is -0.120. The smallest absolute Gasteiger partial charge is 0.405 e. The molecule has 2 unspecified atom stereocenters. The zero-order valence-electron chi connectivity index (χ0n) is 23.7. The van der Waals surface area contributed by atoms with E-state index < -0.39 is 30.0 Å². The molecule has 0 aromatic rings. The van der Waals surface area contributed by atoms with Gasteiger partial charge in [-0.3, -0.25) is 14.4 Å². The highest BCUT2D eigenvalue weighted by Crippen LogP contribution is 2.28. The van der Waals surface area contributed by atoms with E-state index in [4.69, 9.17) is 24.7 Å². The Morgan fingerprint density at radius 1 is 1.03 bits per heavy atom. The number of carbonyl (C=O) groups excluding carboxylic acids is 4. The highest BCUT2D eigenvalue weighted by molar-refractivity contribution is 6.21. The van der Waals surface area contributed by atoms with Crippen molar-refractivity contribution < 1.29 is 38.1 Å². The maximum absolute atomic E-state index is 13.1. The lowest BCUT2D eigenvalue weighted by Gasteiger charge is -2.32. The molecule has 1 heterocycles. The topological polar surface area (TPSA) is 143 Å². The first-order chi connectivity index (χ1) is 18.4. The molecule has 10 nitrogen and oxygen atoms in total. The van der Waals surface area contributed by atoms with Gasteiger partial charge in [-0.1, -0.05) is 38.2 Å². The van der Waals surface area contributed by atoms with Crippen molar-refractivity contribution >= 4 is 23.6 Å². The van der Waals surface area contributed by atoms with Gasteiger partial charge in [-0.25, -0.2) is 4.79 Å². The number of ether oxygens (including phenoxy) is 4. The summed E-state index contributed by atoms with van der Waals surface area (Å²) in [5, 5.41) is 2.55. The van der Waals surface area contributed by atoms with Crippen LogP contribution in [0.2, 0.25) is 0 Å². The van der Waals surface area contributed by atoms with Crippen LogP contribution >= 0.6 is 0 Å². The van der Waals surface area contributed by atoms with Gasteiger partial charge in [0.05, 0.1) is 17.9 Å². The molecule has 0 saturated heterocycles. The average Bonchev–Trinajstić information content (AvgIpc) is 2.87. The highest BCUT2D eigenvalue weighted by atomic mass is 16.6. The number of fused-ring (bicyclic) bond motifs is 2. The number of nitrogens with two attached hydrogens (primary N) is 1. The summed E-state index contributed by atoms with van der Waals surface area (Å²) in [7, 11) is 4.65. The number of carbonyl (C=O) groups is 4. The molecule has 0 radical (unpaired) electrons. The van der Waals surface area contributed by atoms with Crippen LogP contribution in [0.5, 0.6) is 0 Å². The third kappa shape index (κ3) is 8.84. The molecule has 3 N–H and O–H groups in total. The van der Waals surface area contributed by atoms with Gasteiger partial charge >= 0.3 is 6.09 Å². The molecule has 39 heavy (non-hydrogen) atoms. The summed E-state index contributed by atoms with van der Waals surface area (Å²) in [4.78, 5) is 50.0. The molecule has 1 aliphatic heterocycles. The SMILES string of the molecule is COC1/C=C\C=C(/C)C(=O)NC2=CC(=O)C=C(C[C@@H](C)C[C@H](OC)[C@H](OC)[C@@H](C)/C=C(\C)C1OC(N)=O)C2=O. The molecule has 0 fully saturated rings. The van der Waals surface area contributed by atoms with E-state index in [-0.39, 0.29) is 41.1 Å². The lowest BCUT2D eigenvalue weighted by atomic mass is 9.86. The summed E-state index contributed by atoms with van der Waals surface area (Å²) in [5.74, 6) is -1.53. The molecule has 214 valence electrons. The minimum atomic E-state index is -0.958. The maximum atomic E-state index is 13.1. The highest BCUT2D eigenvalue weighted by Gasteiger charge is 2.32. The summed E-state index contributed by atoms with van der Waals surface area (Å²) in [6.45, 7) is 7.29. The van der Waals surface area contributed by atoms with Crippen LogP contribution in [0, 0.1) is 11.8 Å². The van der Waals surface area contributed by atoms with E-state index in [0.717, 1.165) is 6.08 Å². The Hall–Kier alpha value is -3.34. The van der Waals surface area contributed by atoms with Crippen molar-refractivity contribution in [2.75, 3.05) is 21.3 Å². The number of amides is 2. The van der Waals surface area contributed by atoms with Gasteiger partial charge in [-0.05, 0) is 44.3 Å². The first-order valence-corrected chi connectivity index (χ1v) is 12.8. The number of hydrogen-bond donors (Lipinski definition) is 2. The molecule has 2 aliphatic rings. The van der Waals surface area contributed by atoms with Crippen molar-refractivity contribution in [3.05, 3.63) is 58.9 Å². The minimum Gasteiger partial charge on any atom is -0.439 e. The van der Waals surface area contributed by atoms with Crippen molar-refractivity contribution in [2.24, 2.45) is 17.6 Å². The minimum absolute atomic E-state index is 0.0559. The number of ketones is 2. The number of methoxy groups -OCH3 is 3. The molecular weight excluding hydrogens is 504 g/mol. The molecule has 0 saturated carbocycles. The summed E-state index contributed by atoms with van der Waals surface area (Å²) in [6, 6.07) is 0. The van der Waals surface area contributed by atoms with Gasteiger partial charge in [0, 0.05) is 44.5 Å². The van der Waals surface area contributed by atoms with Crippen molar-refractivity contribution in [1.29, 1.82) is 0 Å². The van der Waals surface area contributed by atoms with Gasteiger partial charge in [-0.2, -0.15) is 0 Å². The third-order valence-electron chi connectivity index (χ3n) is 6.84. The Morgan fingerprint density at radius 3 is 2.31 bits per heavy atom. The third-order valence-corrected chi connectivity index (χ3v) is 6.84. The van der Waals surface area contributed by atoms with Crippen LogP contribution in [0.1, 0.15) is 40.5 Å². The van der Waals surface area contributed by atoms with Crippen LogP contribution in [0.4, 0.5) is 4.79 Å². The Labute approximate surface area is 229 Å². The fourth-order valence-corrected chi connectivity index (χ4v) is 4.89. The Balaban J connectivity index is 2.57. The second-order valence-corrected chi connectivity index (χ2v) is 9.99. The molecule has 2 rings (SSSR count). The summed E-state index contributed by atoms with van der Waals surface area (Å²) in [6.07, 6.45) is 6.70. The molecule has 6 atom stereocenters. The van der Waals surface area contributed by atoms with Gasteiger partial charge in [0.15, 0.2) is 11.9 Å². The van der Waals surface area contributed by atoms with Crippen LogP contribution in [0.3, 0.4) is 0 Å². The van der Waals surface area contributed by atoms with Crippen molar-refractivity contribution in [3.63, 3.8) is 0 Å². The number of rotatable bonds is 4. The van der Waals surface area contributed by atoms with Crippen LogP contribution in [0.15, 0.2) is 58.9 Å². The van der Waals surface area contributed by atoms with Crippen molar-refractivity contribution in [2.45, 2.75) is 65.0 Å². The zero-order chi connectivity index (χ0) is 29.3. The number of nitrogens with one attached hydrogen (secondary N) is 1. The van der Waals surface area contributed by atoms with Gasteiger partial charge < -0.3 is 30.0 Å². The largest absolute Gasteiger partial charge is 0.439 e. The second-order valence-electron chi connectivity index (χ2n) is 9.99. The predicted octanol–water partition coefficient (Wildman–Crippen LogP) is 3.09. The first kappa shape index (κ1) is 31.9. The standard InChI is InChI=1S/C29H40N2O8/c1-16-11-20-14-21(32)15-22(25(20)33)31-28(34)17(2)9-8-10-23(36-5)27(39-29(30)35)19(4)13-18(3)26(38-7)24(12-16)37-6/h8-10,13-16,18,23-24,26-27H,11-12H2,1-7H3,(H2,30,35)(H,31,34)/b10-8-,17-9+,19-13+/t16-,18+,23?,24+,26-,27?/m1/s1. The fraction of sp³-hybridized carbons (Fsp3) is 0.517. The van der Waals surface area contributed by atoms with E-state index in [1.165, 1.54) is 19.3 Å². The van der Waals surface area contributed by atoms with Crippen molar-refractivity contribution in [3.8, 4) is 0 Å². The predicted molar refractivity (Wildman–Crippen MR) is 145 cm³/mol. The van der Waals surface area contributed by atoms with E-state index in [1.807, 2.05) is 19.9 Å². The van der Waals surface area contributed by atoms with Crippen LogP contribution in [0.25, 0.3) is 0 Å². The number of allylic oxidation sites excluding steroid dienone is 5. The van der Waals surface area contributed by atoms with E-state index in [9.17, 15) is 19.2 Å². The molecule has 2 amide bonds. The normalized spacial score (nSPS) is 33.1. The van der Waals surface area contributed by atoms with Gasteiger partial charge in [0.25, 0.3) is 5.91 Å². The monoisotopic (exact) mass is 544 g/mol. The van der Waals surface area contributed by atoms with Crippen LogP contribution in [-0.4, -0.2) is 69.3 Å². The zero-order valence-corrected chi connectivity index (χ0v) is 23.7. The quantitative estimate of drug-likeness (QED) is 0.406. The molecule has 0 aromatic carbocycles.